The van der Waals surface area contributed by atoms with Crippen molar-refractivity contribution in [3.05, 3.63) is 150 Å². The topological polar surface area (TPSA) is 38.9 Å². The van der Waals surface area contributed by atoms with Gasteiger partial charge in [-0.15, -0.1) is 11.3 Å². The largest absolute Gasteiger partial charge is 0.436 e. The molecular weight excluding hydrogens is 593 g/mol. The van der Waals surface area contributed by atoms with E-state index in [1.54, 1.807) is 4.88 Å². The first-order chi connectivity index (χ1) is 23.3. The number of hydrogen-bond donors (Lipinski definition) is 0. The standard InChI is InChI=1S/C43H26N2OS/c1-3-16-31-28(13-1)29-14-2-4-17-32(29)41-39(31)40-43(46-41)45-35(23-44-40)26-11-7-9-24(21-26)25-10-8-12-27(22-25)37-34-20-19-33-30-15-5-6-18-36(30)47-42(33)38(34)37/h1-23,34,37-38H. The highest BCUT2D eigenvalue weighted by Crippen LogP contribution is 2.66. The molecule has 2 aliphatic carbocycles. The molecule has 2 aliphatic rings. The maximum atomic E-state index is 6.51. The van der Waals surface area contributed by atoms with Gasteiger partial charge in [-0.25, -0.2) is 9.97 Å². The Labute approximate surface area is 274 Å². The maximum absolute atomic E-state index is 6.51. The lowest BCUT2D eigenvalue weighted by molar-refractivity contribution is 0.657. The van der Waals surface area contributed by atoms with E-state index in [-0.39, 0.29) is 0 Å². The average molecular weight is 619 g/mol. The molecule has 3 nitrogen and oxygen atoms in total. The van der Waals surface area contributed by atoms with Crippen molar-refractivity contribution in [3.63, 3.8) is 0 Å². The van der Waals surface area contributed by atoms with Gasteiger partial charge in [0.1, 0.15) is 11.1 Å². The van der Waals surface area contributed by atoms with E-state index in [1.165, 1.54) is 43.1 Å². The Morgan fingerprint density at radius 3 is 2.19 bits per heavy atom. The quantitative estimate of drug-likeness (QED) is 0.185. The molecule has 4 heteroatoms. The van der Waals surface area contributed by atoms with E-state index in [4.69, 9.17) is 14.4 Å². The summed E-state index contributed by atoms with van der Waals surface area (Å²) in [5.41, 5.74) is 9.29. The number of benzene rings is 6. The first-order valence-corrected chi connectivity index (χ1v) is 17.0. The molecule has 3 atom stereocenters. The number of furan rings is 1. The molecule has 3 aromatic heterocycles. The van der Waals surface area contributed by atoms with Gasteiger partial charge < -0.3 is 4.42 Å². The van der Waals surface area contributed by atoms with Gasteiger partial charge in [-0.3, -0.25) is 0 Å². The van der Waals surface area contributed by atoms with E-state index in [0.717, 1.165) is 38.5 Å². The number of aromatic nitrogens is 2. The third kappa shape index (κ3) is 3.67. The fourth-order valence-corrected chi connectivity index (χ4v) is 9.54. The highest BCUT2D eigenvalue weighted by Gasteiger charge is 2.53. The van der Waals surface area contributed by atoms with Gasteiger partial charge >= 0.3 is 0 Å². The van der Waals surface area contributed by atoms with Gasteiger partial charge in [0.25, 0.3) is 0 Å². The summed E-state index contributed by atoms with van der Waals surface area (Å²) in [4.78, 5) is 11.6. The van der Waals surface area contributed by atoms with Crippen LogP contribution in [0.15, 0.2) is 138 Å². The Morgan fingerprint density at radius 2 is 1.32 bits per heavy atom. The smallest absolute Gasteiger partial charge is 0.246 e. The highest BCUT2D eigenvalue weighted by atomic mass is 32.1. The van der Waals surface area contributed by atoms with Gasteiger partial charge in [-0.2, -0.15) is 0 Å². The van der Waals surface area contributed by atoms with Crippen molar-refractivity contribution in [1.29, 1.82) is 0 Å². The third-order valence-corrected chi connectivity index (χ3v) is 11.6. The number of allylic oxidation sites excluding steroid dienone is 1. The zero-order valence-electron chi connectivity index (χ0n) is 25.2. The Kier molecular flexibility index (Phi) is 5.16. The van der Waals surface area contributed by atoms with Crippen LogP contribution in [0.4, 0.5) is 0 Å². The SMILES string of the molecule is C1=CC2C(c3cccc(-c4cccc(-c5cnc6c(n5)oc5c7ccccc7c7ccccc7c65)c4)c3)C2c2sc3ccccc3c21. The van der Waals surface area contributed by atoms with Crippen molar-refractivity contribution in [2.24, 2.45) is 5.92 Å². The molecule has 0 N–H and O–H groups in total. The predicted octanol–water partition coefficient (Wildman–Crippen LogP) is 11.8. The molecule has 0 saturated heterocycles. The van der Waals surface area contributed by atoms with E-state index in [1.807, 2.05) is 17.5 Å². The van der Waals surface area contributed by atoms with Gasteiger partial charge in [0.05, 0.1) is 17.3 Å². The molecule has 3 unspecified atom stereocenters. The lowest BCUT2D eigenvalue weighted by Gasteiger charge is -2.08. The predicted molar refractivity (Wildman–Crippen MR) is 195 cm³/mol. The molecular formula is C43H26N2OS. The summed E-state index contributed by atoms with van der Waals surface area (Å²) in [5.74, 6) is 1.68. The minimum atomic E-state index is 0.525. The van der Waals surface area contributed by atoms with Crippen molar-refractivity contribution < 1.29 is 4.42 Å². The van der Waals surface area contributed by atoms with Gasteiger partial charge in [-0.1, -0.05) is 121 Å². The zero-order valence-corrected chi connectivity index (χ0v) is 26.0. The lowest BCUT2D eigenvalue weighted by atomic mass is 9.97. The van der Waals surface area contributed by atoms with Crippen LogP contribution in [0, 0.1) is 5.92 Å². The Morgan fingerprint density at radius 1 is 0.617 bits per heavy atom. The van der Waals surface area contributed by atoms with Crippen LogP contribution in [-0.4, -0.2) is 9.97 Å². The fourth-order valence-electron chi connectivity index (χ4n) is 8.14. The average Bonchev–Trinajstić information content (AvgIpc) is 3.56. The molecule has 3 heterocycles. The summed E-state index contributed by atoms with van der Waals surface area (Å²) in [6.45, 7) is 0. The highest BCUT2D eigenvalue weighted by molar-refractivity contribution is 7.19. The van der Waals surface area contributed by atoms with Crippen molar-refractivity contribution >= 4 is 71.2 Å². The molecule has 220 valence electrons. The second-order valence-corrected chi connectivity index (χ2v) is 14.0. The molecule has 1 fully saturated rings. The maximum Gasteiger partial charge on any atom is 0.246 e. The van der Waals surface area contributed by atoms with Crippen LogP contribution in [0.3, 0.4) is 0 Å². The van der Waals surface area contributed by atoms with Crippen LogP contribution in [0.25, 0.3) is 82.3 Å². The van der Waals surface area contributed by atoms with Crippen molar-refractivity contribution in [3.8, 4) is 22.4 Å². The molecule has 9 aromatic rings. The Balaban J connectivity index is 0.974. The summed E-state index contributed by atoms with van der Waals surface area (Å²) in [6.07, 6.45) is 6.71. The minimum Gasteiger partial charge on any atom is -0.436 e. The van der Waals surface area contributed by atoms with E-state index in [0.29, 0.717) is 23.5 Å². The molecule has 0 amide bonds. The second kappa shape index (κ2) is 9.47. The fraction of sp³-hybridized carbons (Fsp3) is 0.0698. The number of hydrogen-bond acceptors (Lipinski definition) is 4. The number of nitrogens with zero attached hydrogens (tertiary/aromatic N) is 2. The van der Waals surface area contributed by atoms with Crippen LogP contribution in [0.1, 0.15) is 27.8 Å². The van der Waals surface area contributed by atoms with E-state index < -0.39 is 0 Å². The van der Waals surface area contributed by atoms with Crippen LogP contribution in [0.5, 0.6) is 0 Å². The van der Waals surface area contributed by atoms with E-state index in [9.17, 15) is 0 Å². The van der Waals surface area contributed by atoms with Gasteiger partial charge in [0.2, 0.25) is 5.71 Å². The third-order valence-electron chi connectivity index (χ3n) is 10.4. The Hall–Kier alpha value is -5.58. The van der Waals surface area contributed by atoms with Crippen LogP contribution < -0.4 is 0 Å². The summed E-state index contributed by atoms with van der Waals surface area (Å²) in [6, 6.07) is 43.5. The van der Waals surface area contributed by atoms with E-state index in [2.05, 4.69) is 133 Å². The number of thiophene rings is 1. The van der Waals surface area contributed by atoms with E-state index >= 15 is 0 Å². The molecule has 47 heavy (non-hydrogen) atoms. The summed E-state index contributed by atoms with van der Waals surface area (Å²) < 4.78 is 7.91. The Bertz CT molecular complexity index is 2790. The number of rotatable bonds is 3. The number of fused-ring (bicyclic) bond motifs is 13. The molecule has 0 bridgehead atoms. The first kappa shape index (κ1) is 25.6. The second-order valence-electron chi connectivity index (χ2n) is 12.9. The summed E-state index contributed by atoms with van der Waals surface area (Å²) >= 11 is 1.98. The normalized spacial score (nSPS) is 18.3. The molecule has 0 aliphatic heterocycles. The van der Waals surface area contributed by atoms with Crippen LogP contribution in [-0.2, 0) is 0 Å². The van der Waals surface area contributed by atoms with Gasteiger partial charge in [0.15, 0.2) is 0 Å². The molecule has 6 aromatic carbocycles. The molecule has 1 saturated carbocycles. The van der Waals surface area contributed by atoms with Gasteiger partial charge in [-0.05, 0) is 67.8 Å². The van der Waals surface area contributed by atoms with Crippen LogP contribution in [0.2, 0.25) is 0 Å². The molecule has 0 radical (unpaired) electrons. The summed E-state index contributed by atoms with van der Waals surface area (Å²) in [7, 11) is 0. The minimum absolute atomic E-state index is 0.525. The zero-order chi connectivity index (χ0) is 30.6. The van der Waals surface area contributed by atoms with Crippen molar-refractivity contribution in [2.75, 3.05) is 0 Å². The van der Waals surface area contributed by atoms with Crippen molar-refractivity contribution in [1.82, 2.24) is 9.97 Å². The van der Waals surface area contributed by atoms with Gasteiger partial charge in [0, 0.05) is 26.4 Å². The first-order valence-electron chi connectivity index (χ1n) is 16.2. The molecule has 0 spiro atoms. The monoisotopic (exact) mass is 618 g/mol. The molecule has 11 rings (SSSR count). The summed E-state index contributed by atoms with van der Waals surface area (Å²) in [5, 5.41) is 7.01. The van der Waals surface area contributed by atoms with Crippen LogP contribution >= 0.6 is 11.3 Å². The van der Waals surface area contributed by atoms with Crippen molar-refractivity contribution in [2.45, 2.75) is 11.8 Å². The lowest BCUT2D eigenvalue weighted by Crippen LogP contribution is -1.89.